The molecule has 3 aromatic rings. The fourth-order valence-electron chi connectivity index (χ4n) is 6.85. The van der Waals surface area contributed by atoms with E-state index >= 15 is 0 Å². The van der Waals surface area contributed by atoms with Gasteiger partial charge in [0.15, 0.2) is 0 Å². The average molecular weight is 735 g/mol. The van der Waals surface area contributed by atoms with Gasteiger partial charge in [-0.25, -0.2) is 18.2 Å². The number of fused-ring (bicyclic) bond motifs is 3. The zero-order chi connectivity index (χ0) is 37.2. The monoisotopic (exact) mass is 734 g/mol. The van der Waals surface area contributed by atoms with Crippen molar-refractivity contribution in [1.29, 1.82) is 0 Å². The van der Waals surface area contributed by atoms with E-state index in [-0.39, 0.29) is 23.4 Å². The maximum Gasteiger partial charge on any atom is 0.320 e. The van der Waals surface area contributed by atoms with E-state index in [0.29, 0.717) is 61.2 Å². The number of H-pyrrole nitrogens is 1. The van der Waals surface area contributed by atoms with Crippen LogP contribution in [-0.4, -0.2) is 97.2 Å². The number of benzene rings is 2. The van der Waals surface area contributed by atoms with Crippen LogP contribution in [0.15, 0.2) is 53.3 Å². The number of aromatic nitrogens is 2. The number of carbonyl (C=O) groups is 3. The summed E-state index contributed by atoms with van der Waals surface area (Å²) in [6, 6.07) is 10.1. The SMILES string of the molecule is CN1CCCC/C=C\C2CC2(C(=O)NS(=O)(=O)C2CC2)NC(=O)C2CCCN2C1=O.COc1ccc(-c2nc3c(C)c(OC)ccc3c(=O)[nH]2)cc1. The van der Waals surface area contributed by atoms with Gasteiger partial charge >= 0.3 is 6.03 Å². The highest BCUT2D eigenvalue weighted by Gasteiger charge is 2.61. The molecule has 4 amide bonds. The Morgan fingerprint density at radius 2 is 1.73 bits per heavy atom. The molecule has 3 N–H and O–H groups in total. The molecular formula is C37H46N6O8S. The van der Waals surface area contributed by atoms with Gasteiger partial charge < -0.3 is 29.6 Å². The number of urea groups is 1. The second kappa shape index (κ2) is 15.0. The molecule has 2 aliphatic heterocycles. The molecule has 7 rings (SSSR count). The fourth-order valence-corrected chi connectivity index (χ4v) is 8.22. The van der Waals surface area contributed by atoms with Gasteiger partial charge in [0.25, 0.3) is 11.5 Å². The molecule has 3 heterocycles. The van der Waals surface area contributed by atoms with Gasteiger partial charge in [0.2, 0.25) is 15.9 Å². The van der Waals surface area contributed by atoms with Crippen LogP contribution < -0.4 is 25.1 Å². The predicted molar refractivity (Wildman–Crippen MR) is 195 cm³/mol. The van der Waals surface area contributed by atoms with Crippen LogP contribution in [0.1, 0.15) is 56.9 Å². The van der Waals surface area contributed by atoms with E-state index in [1.54, 1.807) is 43.2 Å². The molecule has 2 aromatic carbocycles. The molecular weight excluding hydrogens is 689 g/mol. The summed E-state index contributed by atoms with van der Waals surface area (Å²) in [6.45, 7) is 3.03. The summed E-state index contributed by atoms with van der Waals surface area (Å²) in [5, 5.41) is 2.87. The lowest BCUT2D eigenvalue weighted by molar-refractivity contribution is -0.131. The van der Waals surface area contributed by atoms with Crippen LogP contribution in [0.25, 0.3) is 22.3 Å². The minimum Gasteiger partial charge on any atom is -0.497 e. The van der Waals surface area contributed by atoms with Crippen molar-refractivity contribution in [3.05, 3.63) is 64.5 Å². The number of rotatable bonds is 6. The normalized spacial score (nSPS) is 24.0. The Kier molecular flexibility index (Phi) is 10.6. The molecule has 3 atom stereocenters. The van der Waals surface area contributed by atoms with Gasteiger partial charge in [-0.3, -0.25) is 19.1 Å². The van der Waals surface area contributed by atoms with Crippen molar-refractivity contribution in [2.45, 2.75) is 75.1 Å². The largest absolute Gasteiger partial charge is 0.497 e. The third-order valence-electron chi connectivity index (χ3n) is 10.2. The van der Waals surface area contributed by atoms with Crippen molar-refractivity contribution >= 4 is 38.8 Å². The van der Waals surface area contributed by atoms with E-state index in [1.165, 1.54) is 0 Å². The Hall–Kier alpha value is -4.92. The van der Waals surface area contributed by atoms with Crippen molar-refractivity contribution < 1.29 is 32.3 Å². The zero-order valence-corrected chi connectivity index (χ0v) is 30.8. The van der Waals surface area contributed by atoms with Gasteiger partial charge in [0.1, 0.15) is 28.9 Å². The van der Waals surface area contributed by atoms with Crippen molar-refractivity contribution in [2.75, 3.05) is 34.4 Å². The van der Waals surface area contributed by atoms with Gasteiger partial charge in [-0.2, -0.15) is 0 Å². The number of hydrogen-bond donors (Lipinski definition) is 3. The van der Waals surface area contributed by atoms with Crippen LogP contribution >= 0.6 is 0 Å². The molecule has 52 heavy (non-hydrogen) atoms. The molecule has 4 aliphatic rings. The van der Waals surface area contributed by atoms with Gasteiger partial charge in [-0.05, 0) is 94.7 Å². The number of amides is 4. The van der Waals surface area contributed by atoms with Crippen LogP contribution in [0.2, 0.25) is 0 Å². The number of aryl methyl sites for hydroxylation is 1. The molecule has 278 valence electrons. The third kappa shape index (κ3) is 7.64. The summed E-state index contributed by atoms with van der Waals surface area (Å²) in [5.74, 6) is 0.693. The molecule has 0 radical (unpaired) electrons. The fraction of sp³-hybridized carbons (Fsp3) is 0.486. The van der Waals surface area contributed by atoms with E-state index in [4.69, 9.17) is 9.47 Å². The van der Waals surface area contributed by atoms with E-state index < -0.39 is 32.8 Å². The minimum atomic E-state index is -3.71. The molecule has 15 heteroatoms. The van der Waals surface area contributed by atoms with Crippen molar-refractivity contribution in [1.82, 2.24) is 29.8 Å². The molecule has 0 spiro atoms. The van der Waals surface area contributed by atoms with E-state index in [0.717, 1.165) is 42.6 Å². The number of ether oxygens (including phenoxy) is 2. The van der Waals surface area contributed by atoms with Crippen molar-refractivity contribution in [3.8, 4) is 22.9 Å². The zero-order valence-electron chi connectivity index (χ0n) is 29.9. The van der Waals surface area contributed by atoms with Gasteiger partial charge in [-0.1, -0.05) is 12.2 Å². The number of aromatic amines is 1. The van der Waals surface area contributed by atoms with E-state index in [2.05, 4.69) is 20.0 Å². The molecule has 14 nitrogen and oxygen atoms in total. The smallest absolute Gasteiger partial charge is 0.320 e. The topological polar surface area (TPSA) is 180 Å². The number of carbonyl (C=O) groups excluding carboxylic acids is 3. The van der Waals surface area contributed by atoms with Crippen LogP contribution in [0.4, 0.5) is 4.79 Å². The van der Waals surface area contributed by atoms with Gasteiger partial charge in [0.05, 0.1) is 30.4 Å². The summed E-state index contributed by atoms with van der Waals surface area (Å²) in [5.41, 5.74) is 0.890. The highest BCUT2D eigenvalue weighted by Crippen LogP contribution is 2.46. The molecule has 0 bridgehead atoms. The highest BCUT2D eigenvalue weighted by atomic mass is 32.2. The first-order valence-corrected chi connectivity index (χ1v) is 19.2. The number of allylic oxidation sites excluding steroid dienone is 1. The van der Waals surface area contributed by atoms with Crippen LogP contribution in [0, 0.1) is 12.8 Å². The Balaban J connectivity index is 0.000000187. The average Bonchev–Trinajstić information content (AvgIpc) is 4.06. The van der Waals surface area contributed by atoms with Gasteiger partial charge in [-0.15, -0.1) is 0 Å². The molecule has 1 aromatic heterocycles. The Morgan fingerprint density at radius 1 is 0.981 bits per heavy atom. The predicted octanol–water partition coefficient (Wildman–Crippen LogP) is 3.64. The van der Waals surface area contributed by atoms with Crippen LogP contribution in [0.3, 0.4) is 0 Å². The number of methoxy groups -OCH3 is 2. The van der Waals surface area contributed by atoms with Crippen molar-refractivity contribution in [2.24, 2.45) is 5.92 Å². The summed E-state index contributed by atoms with van der Waals surface area (Å²) in [4.78, 5) is 61.8. The summed E-state index contributed by atoms with van der Waals surface area (Å²) in [7, 11) is 1.25. The summed E-state index contributed by atoms with van der Waals surface area (Å²) in [6.07, 6.45) is 9.18. The molecule has 3 fully saturated rings. The number of sulfonamides is 1. The van der Waals surface area contributed by atoms with E-state index in [1.807, 2.05) is 43.3 Å². The first kappa shape index (κ1) is 36.9. The highest BCUT2D eigenvalue weighted by molar-refractivity contribution is 7.91. The maximum absolute atomic E-state index is 13.1. The molecule has 2 saturated carbocycles. The first-order valence-electron chi connectivity index (χ1n) is 17.7. The maximum atomic E-state index is 13.1. The molecule has 3 unspecified atom stereocenters. The van der Waals surface area contributed by atoms with E-state index in [9.17, 15) is 27.6 Å². The quantitative estimate of drug-likeness (QED) is 0.319. The number of nitrogens with one attached hydrogen (secondary N) is 3. The second-order valence-electron chi connectivity index (χ2n) is 13.9. The standard InChI is InChI=1S/C20H30N4O5S.C17H16N2O3/c1-23-11-5-3-2-4-7-14-13-20(14,18(26)22-30(28,29)15-9-10-15)21-17(25)16-8-6-12-24(16)19(23)27;1-10-14(22-3)9-8-13-15(10)18-16(19-17(13)20)11-4-6-12(21-2)7-5-11/h4,7,14-16H,2-3,5-6,8-13H2,1H3,(H,21,25)(H,22,26);4-9H,1-3H3,(H,18,19,20)/b7-4-;. The van der Waals surface area contributed by atoms with Crippen LogP contribution in [0.5, 0.6) is 11.5 Å². The lowest BCUT2D eigenvalue weighted by Crippen LogP contribution is -2.57. The lowest BCUT2D eigenvalue weighted by atomic mass is 10.1. The van der Waals surface area contributed by atoms with Crippen LogP contribution in [-0.2, 0) is 19.6 Å². The molecule has 1 saturated heterocycles. The third-order valence-corrected chi connectivity index (χ3v) is 12.1. The van der Waals surface area contributed by atoms with Gasteiger partial charge in [0, 0.05) is 37.2 Å². The Morgan fingerprint density at radius 3 is 2.42 bits per heavy atom. The molecule has 2 aliphatic carbocycles. The summed E-state index contributed by atoms with van der Waals surface area (Å²) >= 11 is 0. The second-order valence-corrected chi connectivity index (χ2v) is 15.8. The minimum absolute atomic E-state index is 0.165. The number of hydrogen-bond acceptors (Lipinski definition) is 9. The lowest BCUT2D eigenvalue weighted by Gasteiger charge is -2.30. The Labute approximate surface area is 303 Å². The van der Waals surface area contributed by atoms with Crippen molar-refractivity contribution in [3.63, 3.8) is 0 Å². The summed E-state index contributed by atoms with van der Waals surface area (Å²) < 4.78 is 37.2. The first-order chi connectivity index (χ1) is 24.9. The number of nitrogens with zero attached hydrogens (tertiary/aromatic N) is 3. The Bertz CT molecular complexity index is 2040.